The minimum Gasteiger partial charge on any atom is -0.493 e. The van der Waals surface area contributed by atoms with Gasteiger partial charge in [0.05, 0.1) is 25.5 Å². The number of ether oxygens (including phenoxy) is 2. The Morgan fingerprint density at radius 1 is 1.07 bits per heavy atom. The van der Waals surface area contributed by atoms with Gasteiger partial charge in [-0.05, 0) is 36.2 Å². The Balaban J connectivity index is 1.92. The van der Waals surface area contributed by atoms with Crippen LogP contribution >= 0.6 is 0 Å². The number of hydrogen-bond acceptors (Lipinski definition) is 5. The van der Waals surface area contributed by atoms with Crippen molar-refractivity contribution >= 4 is 17.5 Å². The molecule has 7 nitrogen and oxygen atoms in total. The molecule has 0 aromatic heterocycles. The van der Waals surface area contributed by atoms with E-state index in [4.69, 9.17) is 14.7 Å². The summed E-state index contributed by atoms with van der Waals surface area (Å²) in [5, 5.41) is 11.8. The lowest BCUT2D eigenvalue weighted by atomic mass is 10.1. The van der Waals surface area contributed by atoms with Crippen LogP contribution in [0.3, 0.4) is 0 Å². The summed E-state index contributed by atoms with van der Waals surface area (Å²) >= 11 is 0. The van der Waals surface area contributed by atoms with Crippen molar-refractivity contribution in [2.45, 2.75) is 19.8 Å². The number of hydrogen-bond donors (Lipinski definition) is 1. The summed E-state index contributed by atoms with van der Waals surface area (Å²) in [6, 6.07) is 14.5. The molecule has 0 unspecified atom stereocenters. The molecular weight excluding hydrogens is 370 g/mol. The molecule has 0 atom stereocenters. The second kappa shape index (κ2) is 10.7. The number of para-hydroxylation sites is 1. The van der Waals surface area contributed by atoms with Crippen LogP contribution in [0.25, 0.3) is 0 Å². The van der Waals surface area contributed by atoms with Crippen molar-refractivity contribution in [1.82, 2.24) is 4.90 Å². The van der Waals surface area contributed by atoms with Crippen LogP contribution in [0.4, 0.5) is 5.69 Å². The van der Waals surface area contributed by atoms with Gasteiger partial charge in [-0.2, -0.15) is 5.26 Å². The van der Waals surface area contributed by atoms with Gasteiger partial charge in [0.2, 0.25) is 11.8 Å². The maximum atomic E-state index is 12.2. The molecule has 2 aromatic rings. The lowest BCUT2D eigenvalue weighted by molar-refractivity contribution is -0.129. The number of rotatable bonds is 9. The molecule has 0 spiro atoms. The molecule has 152 valence electrons. The molecule has 0 aliphatic carbocycles. The van der Waals surface area contributed by atoms with Crippen LogP contribution < -0.4 is 14.8 Å². The molecule has 0 saturated heterocycles. The summed E-state index contributed by atoms with van der Waals surface area (Å²) in [6.45, 7) is 2.26. The Morgan fingerprint density at radius 2 is 1.79 bits per heavy atom. The summed E-state index contributed by atoms with van der Waals surface area (Å²) in [7, 11) is 3.15. The van der Waals surface area contributed by atoms with Crippen molar-refractivity contribution in [2.24, 2.45) is 0 Å². The monoisotopic (exact) mass is 395 g/mol. The standard InChI is InChI=1S/C22H25N3O4/c1-16(26)25(12-10-17-8-9-20(28-2)21(14-17)29-3)13-11-22(27)24-19-7-5-4-6-18(19)15-23/h4-9,14H,10-13H2,1-3H3,(H,24,27). The Hall–Kier alpha value is -3.53. The van der Waals surface area contributed by atoms with Crippen molar-refractivity contribution in [1.29, 1.82) is 5.26 Å². The highest BCUT2D eigenvalue weighted by molar-refractivity contribution is 5.92. The molecule has 1 N–H and O–H groups in total. The van der Waals surface area contributed by atoms with Crippen molar-refractivity contribution in [2.75, 3.05) is 32.6 Å². The van der Waals surface area contributed by atoms with Crippen molar-refractivity contribution in [3.05, 3.63) is 53.6 Å². The van der Waals surface area contributed by atoms with E-state index in [-0.39, 0.29) is 18.2 Å². The van der Waals surface area contributed by atoms with Gasteiger partial charge < -0.3 is 19.7 Å². The van der Waals surface area contributed by atoms with E-state index in [1.165, 1.54) is 6.92 Å². The van der Waals surface area contributed by atoms with Crippen LogP contribution in [-0.4, -0.2) is 44.0 Å². The minimum absolute atomic E-state index is 0.101. The Bertz CT molecular complexity index is 905. The number of carbonyl (C=O) groups is 2. The van der Waals surface area contributed by atoms with Crippen molar-refractivity contribution in [3.8, 4) is 17.6 Å². The van der Waals surface area contributed by atoms with Crippen LogP contribution in [0.2, 0.25) is 0 Å². The van der Waals surface area contributed by atoms with E-state index in [0.717, 1.165) is 5.56 Å². The van der Waals surface area contributed by atoms with E-state index in [2.05, 4.69) is 5.32 Å². The fraction of sp³-hybridized carbons (Fsp3) is 0.318. The summed E-state index contributed by atoms with van der Waals surface area (Å²) in [5.74, 6) is 0.935. The molecule has 2 rings (SSSR count). The normalized spacial score (nSPS) is 10.0. The SMILES string of the molecule is COc1ccc(CCN(CCC(=O)Nc2ccccc2C#N)C(C)=O)cc1OC. The van der Waals surface area contributed by atoms with E-state index in [1.54, 1.807) is 43.4 Å². The molecular formula is C22H25N3O4. The van der Waals surface area contributed by atoms with Crippen LogP contribution in [0.15, 0.2) is 42.5 Å². The van der Waals surface area contributed by atoms with E-state index in [9.17, 15) is 9.59 Å². The average molecular weight is 395 g/mol. The molecule has 0 fully saturated rings. The van der Waals surface area contributed by atoms with Crippen LogP contribution in [-0.2, 0) is 16.0 Å². The number of amides is 2. The van der Waals surface area contributed by atoms with Crippen LogP contribution in [0, 0.1) is 11.3 Å². The van der Waals surface area contributed by atoms with Gasteiger partial charge in [-0.1, -0.05) is 18.2 Å². The maximum Gasteiger partial charge on any atom is 0.226 e. The largest absolute Gasteiger partial charge is 0.493 e. The first-order valence-electron chi connectivity index (χ1n) is 9.24. The highest BCUT2D eigenvalue weighted by Gasteiger charge is 2.13. The molecule has 0 aliphatic rings. The Labute approximate surface area is 170 Å². The van der Waals surface area contributed by atoms with Gasteiger partial charge in [0, 0.05) is 26.4 Å². The molecule has 0 aliphatic heterocycles. The number of anilines is 1. The number of carbonyl (C=O) groups excluding carboxylic acids is 2. The lowest BCUT2D eigenvalue weighted by Crippen LogP contribution is -2.33. The maximum absolute atomic E-state index is 12.2. The third-order valence-electron chi connectivity index (χ3n) is 4.49. The van der Waals surface area contributed by atoms with Gasteiger partial charge >= 0.3 is 0 Å². The summed E-state index contributed by atoms with van der Waals surface area (Å²) in [6.07, 6.45) is 0.768. The molecule has 2 amide bonds. The Kier molecular flexibility index (Phi) is 8.04. The van der Waals surface area contributed by atoms with Gasteiger partial charge in [0.1, 0.15) is 6.07 Å². The number of benzene rings is 2. The van der Waals surface area contributed by atoms with Crippen LogP contribution in [0.1, 0.15) is 24.5 Å². The zero-order valence-electron chi connectivity index (χ0n) is 16.9. The first kappa shape index (κ1) is 21.8. The fourth-order valence-corrected chi connectivity index (χ4v) is 2.87. The summed E-state index contributed by atoms with van der Waals surface area (Å²) in [5.41, 5.74) is 1.87. The molecule has 0 bridgehead atoms. The second-order valence-electron chi connectivity index (χ2n) is 6.40. The molecule has 0 heterocycles. The van der Waals surface area contributed by atoms with Crippen molar-refractivity contribution < 1.29 is 19.1 Å². The van der Waals surface area contributed by atoms with E-state index in [0.29, 0.717) is 42.3 Å². The predicted molar refractivity (Wildman–Crippen MR) is 110 cm³/mol. The summed E-state index contributed by atoms with van der Waals surface area (Å²) < 4.78 is 10.5. The Morgan fingerprint density at radius 3 is 2.45 bits per heavy atom. The highest BCUT2D eigenvalue weighted by atomic mass is 16.5. The molecule has 0 radical (unpaired) electrons. The number of nitrogens with one attached hydrogen (secondary N) is 1. The molecule has 7 heteroatoms. The van der Waals surface area contributed by atoms with Gasteiger partial charge in [0.15, 0.2) is 11.5 Å². The topological polar surface area (TPSA) is 91.7 Å². The number of nitrogens with zero attached hydrogens (tertiary/aromatic N) is 2. The van der Waals surface area contributed by atoms with E-state index in [1.807, 2.05) is 24.3 Å². The third-order valence-corrected chi connectivity index (χ3v) is 4.49. The van der Waals surface area contributed by atoms with Gasteiger partial charge in [-0.25, -0.2) is 0 Å². The number of nitriles is 1. The van der Waals surface area contributed by atoms with Gasteiger partial charge in [-0.15, -0.1) is 0 Å². The lowest BCUT2D eigenvalue weighted by Gasteiger charge is -2.21. The minimum atomic E-state index is -0.245. The second-order valence-corrected chi connectivity index (χ2v) is 6.40. The van der Waals surface area contributed by atoms with Crippen LogP contribution in [0.5, 0.6) is 11.5 Å². The zero-order chi connectivity index (χ0) is 21.2. The average Bonchev–Trinajstić information content (AvgIpc) is 2.73. The van der Waals surface area contributed by atoms with E-state index < -0.39 is 0 Å². The first-order chi connectivity index (χ1) is 14.0. The zero-order valence-corrected chi connectivity index (χ0v) is 16.9. The number of methoxy groups -OCH3 is 2. The van der Waals surface area contributed by atoms with Crippen molar-refractivity contribution in [3.63, 3.8) is 0 Å². The summed E-state index contributed by atoms with van der Waals surface area (Å²) in [4.78, 5) is 25.8. The highest BCUT2D eigenvalue weighted by Crippen LogP contribution is 2.27. The molecule has 29 heavy (non-hydrogen) atoms. The molecule has 0 saturated carbocycles. The molecule has 2 aromatic carbocycles. The quantitative estimate of drug-likeness (QED) is 0.705. The first-order valence-corrected chi connectivity index (χ1v) is 9.24. The third kappa shape index (κ3) is 6.25. The van der Waals surface area contributed by atoms with E-state index >= 15 is 0 Å². The smallest absolute Gasteiger partial charge is 0.226 e. The van der Waals surface area contributed by atoms with Gasteiger partial charge in [0.25, 0.3) is 0 Å². The van der Waals surface area contributed by atoms with Gasteiger partial charge in [-0.3, -0.25) is 9.59 Å². The fourth-order valence-electron chi connectivity index (χ4n) is 2.87. The predicted octanol–water partition coefficient (Wildman–Crippen LogP) is 3.00.